The molecule has 9 nitrogen and oxygen atoms in total. The Labute approximate surface area is 223 Å². The zero-order valence-electron chi connectivity index (χ0n) is 22.7. The third-order valence-corrected chi connectivity index (χ3v) is 10.5. The van der Waals surface area contributed by atoms with Gasteiger partial charge in [0.1, 0.15) is 12.3 Å². The lowest BCUT2D eigenvalue weighted by molar-refractivity contribution is -0.144. The maximum absolute atomic E-state index is 12.6. The molecule has 4 aliphatic heterocycles. The molecule has 0 bridgehead atoms. The lowest BCUT2D eigenvalue weighted by atomic mass is 9.70. The van der Waals surface area contributed by atoms with E-state index in [2.05, 4.69) is 30.9 Å². The van der Waals surface area contributed by atoms with Crippen LogP contribution in [0.25, 0.3) is 0 Å². The summed E-state index contributed by atoms with van der Waals surface area (Å²) in [5.41, 5.74) is 3.68. The summed E-state index contributed by atoms with van der Waals surface area (Å²) in [6.07, 6.45) is 13.7. The van der Waals surface area contributed by atoms with Crippen molar-refractivity contribution in [3.63, 3.8) is 0 Å². The minimum atomic E-state index is -0.660. The van der Waals surface area contributed by atoms with Crippen molar-refractivity contribution in [2.75, 3.05) is 52.4 Å². The van der Waals surface area contributed by atoms with Gasteiger partial charge in [0.25, 0.3) is 0 Å². The van der Waals surface area contributed by atoms with Crippen LogP contribution in [-0.4, -0.2) is 115 Å². The summed E-state index contributed by atoms with van der Waals surface area (Å²) in [7, 11) is 0. The van der Waals surface area contributed by atoms with Crippen molar-refractivity contribution in [2.45, 2.75) is 107 Å². The van der Waals surface area contributed by atoms with Crippen molar-refractivity contribution in [3.8, 4) is 0 Å². The molecule has 9 heteroatoms. The average molecular weight is 519 g/mol. The summed E-state index contributed by atoms with van der Waals surface area (Å²) in [6.45, 7) is 7.67. The Kier molecular flexibility index (Phi) is 8.67. The summed E-state index contributed by atoms with van der Waals surface area (Å²) in [5, 5.41) is 20.3. The van der Waals surface area contributed by atoms with E-state index in [4.69, 9.17) is 4.74 Å². The highest BCUT2D eigenvalue weighted by Gasteiger charge is 2.45. The number of ether oxygens (including phenoxy) is 1. The Morgan fingerprint density at radius 2 is 1.73 bits per heavy atom. The van der Waals surface area contributed by atoms with Gasteiger partial charge in [-0.15, -0.1) is 0 Å². The normalized spacial score (nSPS) is 40.3. The van der Waals surface area contributed by atoms with Crippen molar-refractivity contribution < 1.29 is 14.6 Å². The van der Waals surface area contributed by atoms with Gasteiger partial charge in [-0.2, -0.15) is 0 Å². The molecule has 0 aromatic heterocycles. The summed E-state index contributed by atoms with van der Waals surface area (Å²) < 4.78 is 6.08. The van der Waals surface area contributed by atoms with Crippen LogP contribution in [0.15, 0.2) is 0 Å². The van der Waals surface area contributed by atoms with E-state index in [1.807, 2.05) is 0 Å². The van der Waals surface area contributed by atoms with Gasteiger partial charge in [0.2, 0.25) is 0 Å². The smallest absolute Gasteiger partial charge is 0.322 e. The van der Waals surface area contributed by atoms with Gasteiger partial charge in [0, 0.05) is 62.8 Å². The van der Waals surface area contributed by atoms with E-state index < -0.39 is 12.0 Å². The number of hydrogen-bond donors (Lipinski definition) is 4. The van der Waals surface area contributed by atoms with Crippen LogP contribution in [0.1, 0.15) is 70.6 Å². The minimum absolute atomic E-state index is 0.0139. The van der Waals surface area contributed by atoms with Crippen LogP contribution in [-0.2, 0) is 9.53 Å². The molecular weight excluding hydrogens is 468 g/mol. The molecule has 4 saturated heterocycles. The number of hydrogen-bond acceptors (Lipinski definition) is 8. The van der Waals surface area contributed by atoms with E-state index in [9.17, 15) is 9.90 Å². The highest BCUT2D eigenvalue weighted by atomic mass is 16.5. The highest BCUT2D eigenvalue weighted by Crippen LogP contribution is 2.39. The van der Waals surface area contributed by atoms with Gasteiger partial charge in [0.15, 0.2) is 0 Å². The number of aliphatic carboxylic acids is 1. The molecule has 6 aliphatic rings. The second-order valence-electron chi connectivity index (χ2n) is 12.6. The molecule has 37 heavy (non-hydrogen) atoms. The van der Waals surface area contributed by atoms with Crippen LogP contribution >= 0.6 is 0 Å². The fraction of sp³-hybridized carbons (Fsp3) is 0.964. The third-order valence-electron chi connectivity index (χ3n) is 10.5. The van der Waals surface area contributed by atoms with Gasteiger partial charge in [-0.3, -0.25) is 19.9 Å². The zero-order valence-corrected chi connectivity index (χ0v) is 22.7. The van der Waals surface area contributed by atoms with E-state index >= 15 is 0 Å². The summed E-state index contributed by atoms with van der Waals surface area (Å²) in [4.78, 5) is 17.6. The molecule has 0 radical (unpaired) electrons. The SMILES string of the molecule is O=C(O)C(C1CCN(C2CCCCC2)N1)N1CCCN(C2CC(C3NCCO3)CC3CCCNC32)CC1. The number of carbonyl (C=O) groups is 1. The molecular formula is C28H50N6O3. The van der Waals surface area contributed by atoms with Crippen LogP contribution in [0, 0.1) is 11.8 Å². The lowest BCUT2D eigenvalue weighted by Gasteiger charge is -2.50. The molecule has 6 rings (SSSR count). The van der Waals surface area contributed by atoms with Gasteiger partial charge in [-0.1, -0.05) is 19.3 Å². The Balaban J connectivity index is 1.10. The molecule has 0 spiro atoms. The van der Waals surface area contributed by atoms with Crippen LogP contribution in [0.2, 0.25) is 0 Å². The summed E-state index contributed by atoms with van der Waals surface area (Å²) in [6, 6.07) is 1.24. The number of fused-ring (bicyclic) bond motifs is 1. The fourth-order valence-corrected chi connectivity index (χ4v) is 8.69. The summed E-state index contributed by atoms with van der Waals surface area (Å²) >= 11 is 0. The molecule has 210 valence electrons. The first-order chi connectivity index (χ1) is 18.2. The summed E-state index contributed by atoms with van der Waals surface area (Å²) in [5.74, 6) is 0.643. The molecule has 4 heterocycles. The molecule has 2 aliphatic carbocycles. The van der Waals surface area contributed by atoms with Crippen molar-refractivity contribution in [2.24, 2.45) is 11.8 Å². The monoisotopic (exact) mass is 518 g/mol. The molecule has 7 unspecified atom stereocenters. The molecule has 0 amide bonds. The quantitative estimate of drug-likeness (QED) is 0.417. The van der Waals surface area contributed by atoms with Gasteiger partial charge in [-0.25, -0.2) is 10.4 Å². The largest absolute Gasteiger partial charge is 0.480 e. The van der Waals surface area contributed by atoms with E-state index in [1.165, 1.54) is 57.8 Å². The predicted octanol–water partition coefficient (Wildman–Crippen LogP) is 1.45. The standard InChI is InChI=1S/C28H50N6O3/c35-28(36)26(23-9-14-34(31-23)22-7-2-1-3-8-22)33-13-5-12-32(15-16-33)24-19-21(27-30-11-17-37-27)18-20-6-4-10-29-25(20)24/h20-27,29-31H,1-19H2,(H,35,36). The number of piperidine rings is 1. The number of nitrogens with zero attached hydrogens (tertiary/aromatic N) is 3. The Hall–Kier alpha value is -0.810. The van der Waals surface area contributed by atoms with Crippen molar-refractivity contribution in [1.29, 1.82) is 0 Å². The van der Waals surface area contributed by atoms with Gasteiger partial charge in [0.05, 0.1) is 6.61 Å². The van der Waals surface area contributed by atoms with Crippen LogP contribution in [0.3, 0.4) is 0 Å². The molecule has 0 aromatic rings. The highest BCUT2D eigenvalue weighted by molar-refractivity contribution is 5.74. The van der Waals surface area contributed by atoms with E-state index in [1.54, 1.807) is 0 Å². The first kappa shape index (κ1) is 26.4. The number of carboxylic acid groups (broad SMARTS) is 1. The maximum atomic E-state index is 12.6. The van der Waals surface area contributed by atoms with Crippen LogP contribution in [0.4, 0.5) is 0 Å². The second-order valence-corrected chi connectivity index (χ2v) is 12.6. The Morgan fingerprint density at radius 3 is 2.54 bits per heavy atom. The van der Waals surface area contributed by atoms with Gasteiger partial charge >= 0.3 is 5.97 Å². The van der Waals surface area contributed by atoms with Gasteiger partial charge < -0.3 is 15.2 Å². The molecule has 7 atom stereocenters. The van der Waals surface area contributed by atoms with Crippen LogP contribution in [0.5, 0.6) is 0 Å². The molecule has 0 aromatic carbocycles. The third kappa shape index (κ3) is 5.88. The van der Waals surface area contributed by atoms with Crippen molar-refractivity contribution in [3.05, 3.63) is 0 Å². The number of carboxylic acids is 1. The number of rotatable bonds is 6. The number of hydrazine groups is 1. The molecule has 6 fully saturated rings. The first-order valence-corrected chi connectivity index (χ1v) is 15.5. The topological polar surface area (TPSA) is 92.3 Å². The molecule has 4 N–H and O–H groups in total. The Bertz CT molecular complexity index is 760. The van der Waals surface area contributed by atoms with Crippen LogP contribution < -0.4 is 16.1 Å². The first-order valence-electron chi connectivity index (χ1n) is 15.5. The maximum Gasteiger partial charge on any atom is 0.322 e. The van der Waals surface area contributed by atoms with E-state index in [-0.39, 0.29) is 12.3 Å². The number of nitrogens with one attached hydrogen (secondary N) is 3. The second kappa shape index (κ2) is 12.1. The average Bonchev–Trinajstić information content (AvgIpc) is 3.58. The van der Waals surface area contributed by atoms with Gasteiger partial charge in [-0.05, 0) is 70.4 Å². The van der Waals surface area contributed by atoms with E-state index in [0.29, 0.717) is 24.0 Å². The predicted molar refractivity (Wildman–Crippen MR) is 143 cm³/mol. The zero-order chi connectivity index (χ0) is 25.2. The molecule has 2 saturated carbocycles. The minimum Gasteiger partial charge on any atom is -0.480 e. The van der Waals surface area contributed by atoms with E-state index in [0.717, 1.165) is 71.2 Å². The Morgan fingerprint density at radius 1 is 0.838 bits per heavy atom. The van der Waals surface area contributed by atoms with Crippen molar-refractivity contribution >= 4 is 5.97 Å². The van der Waals surface area contributed by atoms with Crippen molar-refractivity contribution in [1.82, 2.24) is 30.9 Å². The fourth-order valence-electron chi connectivity index (χ4n) is 8.69. The lowest BCUT2D eigenvalue weighted by Crippen LogP contribution is -2.61.